The number of nitrogens with two attached hydrogens (primary N) is 1. The van der Waals surface area contributed by atoms with Crippen LogP contribution >= 0.6 is 24.8 Å². The Kier molecular flexibility index (Phi) is 16.3. The van der Waals surface area contributed by atoms with E-state index in [9.17, 15) is 4.79 Å². The van der Waals surface area contributed by atoms with Gasteiger partial charge in [0.15, 0.2) is 0 Å². The van der Waals surface area contributed by atoms with E-state index in [1.807, 2.05) is 6.92 Å². The van der Waals surface area contributed by atoms with Crippen molar-refractivity contribution in [3.63, 3.8) is 0 Å². The molecule has 0 spiro atoms. The van der Waals surface area contributed by atoms with Crippen LogP contribution < -0.4 is 5.73 Å². The van der Waals surface area contributed by atoms with Crippen molar-refractivity contribution in [2.45, 2.75) is 32.5 Å². The van der Waals surface area contributed by atoms with Crippen LogP contribution in [0.25, 0.3) is 0 Å². The number of hydrogen-bond acceptors (Lipinski definition) is 4. The van der Waals surface area contributed by atoms with Gasteiger partial charge in [-0.3, -0.25) is 4.79 Å². The molecular formula is C9H22BCl2NO4. The van der Waals surface area contributed by atoms with E-state index >= 15 is 0 Å². The van der Waals surface area contributed by atoms with Crippen molar-refractivity contribution in [2.75, 3.05) is 6.54 Å². The van der Waals surface area contributed by atoms with Crippen LogP contribution in [0.5, 0.6) is 0 Å². The number of carboxylic acids is 1. The molecule has 17 heavy (non-hydrogen) atoms. The van der Waals surface area contributed by atoms with Gasteiger partial charge in [-0.05, 0) is 31.1 Å². The zero-order valence-corrected chi connectivity index (χ0v) is 11.5. The molecular weight excluding hydrogens is 268 g/mol. The zero-order chi connectivity index (χ0) is 11.8. The number of hydrogen-bond donors (Lipinski definition) is 4. The van der Waals surface area contributed by atoms with Gasteiger partial charge in [-0.15, -0.1) is 24.8 Å². The molecule has 8 heteroatoms. The highest BCUT2D eigenvalue weighted by molar-refractivity contribution is 6.40. The number of carboxylic acid groups (broad SMARTS) is 1. The molecule has 0 aliphatic rings. The molecule has 0 heterocycles. The number of rotatable bonds is 8. The van der Waals surface area contributed by atoms with E-state index in [0.717, 1.165) is 6.42 Å². The van der Waals surface area contributed by atoms with Gasteiger partial charge in [0.2, 0.25) is 0 Å². The molecule has 0 bridgehead atoms. The number of carbonyl (C=O) groups is 1. The van der Waals surface area contributed by atoms with Crippen molar-refractivity contribution in [3.05, 3.63) is 0 Å². The Hall–Kier alpha value is -0.00506. The van der Waals surface area contributed by atoms with Crippen molar-refractivity contribution < 1.29 is 19.9 Å². The monoisotopic (exact) mass is 289 g/mol. The molecule has 5 N–H and O–H groups in total. The fourth-order valence-electron chi connectivity index (χ4n) is 1.63. The summed E-state index contributed by atoms with van der Waals surface area (Å²) < 4.78 is 0. The predicted molar refractivity (Wildman–Crippen MR) is 72.7 cm³/mol. The highest BCUT2D eigenvalue weighted by atomic mass is 35.5. The largest absolute Gasteiger partial charge is 0.481 e. The number of aliphatic carboxylic acids is 1. The standard InChI is InChI=1S/C9H20BNO4.2ClH/c1-7(2-3-10(14)15)4-8(6-11)5-9(12)13;;/h7-8,14-15H,2-6,11H2,1H3,(H,12,13);2*1H. The summed E-state index contributed by atoms with van der Waals surface area (Å²) in [6, 6.07) is 0. The first-order valence-electron chi connectivity index (χ1n) is 5.23. The zero-order valence-electron chi connectivity index (χ0n) is 9.91. The Morgan fingerprint density at radius 2 is 1.88 bits per heavy atom. The van der Waals surface area contributed by atoms with E-state index in [-0.39, 0.29) is 43.1 Å². The topological polar surface area (TPSA) is 104 Å². The van der Waals surface area contributed by atoms with Gasteiger partial charge in [-0.25, -0.2) is 0 Å². The Morgan fingerprint density at radius 3 is 2.24 bits per heavy atom. The maximum absolute atomic E-state index is 10.5. The van der Waals surface area contributed by atoms with Gasteiger partial charge in [0.05, 0.1) is 0 Å². The fraction of sp³-hybridized carbons (Fsp3) is 0.889. The molecule has 0 saturated heterocycles. The third kappa shape index (κ3) is 13.9. The van der Waals surface area contributed by atoms with Gasteiger partial charge < -0.3 is 20.9 Å². The molecule has 5 nitrogen and oxygen atoms in total. The number of halogens is 2. The van der Waals surface area contributed by atoms with Crippen molar-refractivity contribution in [1.29, 1.82) is 0 Å². The first-order valence-corrected chi connectivity index (χ1v) is 5.23. The average molecular weight is 290 g/mol. The molecule has 0 saturated carbocycles. The molecule has 0 aromatic heterocycles. The summed E-state index contributed by atoms with van der Waals surface area (Å²) in [6.07, 6.45) is 1.80. The second kappa shape index (κ2) is 12.5. The molecule has 0 amide bonds. The van der Waals surface area contributed by atoms with Gasteiger partial charge in [0.25, 0.3) is 0 Å². The van der Waals surface area contributed by atoms with Crippen LogP contribution in [0.4, 0.5) is 0 Å². The SMILES string of the molecule is CC(CCB(O)O)CC(CN)CC(=O)O.Cl.Cl. The maximum atomic E-state index is 10.5. The van der Waals surface area contributed by atoms with Crippen LogP contribution in [0.15, 0.2) is 0 Å². The first kappa shape index (κ1) is 22.2. The van der Waals surface area contributed by atoms with Gasteiger partial charge in [-0.1, -0.05) is 13.3 Å². The summed E-state index contributed by atoms with van der Waals surface area (Å²) in [5.41, 5.74) is 5.46. The van der Waals surface area contributed by atoms with Crippen LogP contribution in [-0.2, 0) is 4.79 Å². The summed E-state index contributed by atoms with van der Waals surface area (Å²) in [5, 5.41) is 26.0. The minimum Gasteiger partial charge on any atom is -0.481 e. The molecule has 0 aliphatic heterocycles. The summed E-state index contributed by atoms with van der Waals surface area (Å²) in [5.74, 6) is -0.590. The van der Waals surface area contributed by atoms with Crippen LogP contribution in [-0.4, -0.2) is 34.8 Å². The molecule has 0 aliphatic carbocycles. The molecule has 0 rings (SSSR count). The second-order valence-corrected chi connectivity index (χ2v) is 4.10. The normalized spacial score (nSPS) is 12.9. The van der Waals surface area contributed by atoms with E-state index in [0.29, 0.717) is 19.3 Å². The highest BCUT2D eigenvalue weighted by Gasteiger charge is 2.17. The van der Waals surface area contributed by atoms with Gasteiger partial charge >= 0.3 is 13.1 Å². The van der Waals surface area contributed by atoms with Gasteiger partial charge in [-0.2, -0.15) is 0 Å². The Bertz CT molecular complexity index is 198. The lowest BCUT2D eigenvalue weighted by Gasteiger charge is -2.17. The summed E-state index contributed by atoms with van der Waals surface area (Å²) in [7, 11) is -1.27. The van der Waals surface area contributed by atoms with E-state index in [1.165, 1.54) is 0 Å². The van der Waals surface area contributed by atoms with Crippen molar-refractivity contribution in [2.24, 2.45) is 17.6 Å². The minimum atomic E-state index is -1.27. The smallest absolute Gasteiger partial charge is 0.451 e. The van der Waals surface area contributed by atoms with Crippen LogP contribution in [0.1, 0.15) is 26.2 Å². The molecule has 104 valence electrons. The lowest BCUT2D eigenvalue weighted by Crippen LogP contribution is -2.21. The van der Waals surface area contributed by atoms with E-state index in [4.69, 9.17) is 20.9 Å². The van der Waals surface area contributed by atoms with Crippen LogP contribution in [0.2, 0.25) is 6.32 Å². The molecule has 0 radical (unpaired) electrons. The maximum Gasteiger partial charge on any atom is 0.451 e. The first-order chi connectivity index (χ1) is 6.95. The third-order valence-corrected chi connectivity index (χ3v) is 2.45. The van der Waals surface area contributed by atoms with Crippen LogP contribution in [0, 0.1) is 11.8 Å². The van der Waals surface area contributed by atoms with E-state index in [2.05, 4.69) is 0 Å². The van der Waals surface area contributed by atoms with Crippen molar-refractivity contribution in [1.82, 2.24) is 0 Å². The minimum absolute atomic E-state index is 0. The second-order valence-electron chi connectivity index (χ2n) is 4.10. The molecule has 0 aromatic carbocycles. The Labute approximate surface area is 115 Å². The van der Waals surface area contributed by atoms with Crippen LogP contribution in [0.3, 0.4) is 0 Å². The quantitative estimate of drug-likeness (QED) is 0.494. The van der Waals surface area contributed by atoms with E-state index < -0.39 is 13.1 Å². The fourth-order valence-corrected chi connectivity index (χ4v) is 1.63. The molecule has 2 atom stereocenters. The summed E-state index contributed by atoms with van der Waals surface area (Å²) >= 11 is 0. The Balaban J connectivity index is -0.000000980. The summed E-state index contributed by atoms with van der Waals surface area (Å²) in [6.45, 7) is 2.32. The average Bonchev–Trinajstić information content (AvgIpc) is 2.13. The van der Waals surface area contributed by atoms with Gasteiger partial charge in [0.1, 0.15) is 0 Å². The molecule has 0 fully saturated rings. The van der Waals surface area contributed by atoms with Gasteiger partial charge in [0, 0.05) is 6.42 Å². The third-order valence-electron chi connectivity index (χ3n) is 2.45. The van der Waals surface area contributed by atoms with Crippen molar-refractivity contribution in [3.8, 4) is 0 Å². The van der Waals surface area contributed by atoms with E-state index in [1.54, 1.807) is 0 Å². The molecule has 2 unspecified atom stereocenters. The highest BCUT2D eigenvalue weighted by Crippen LogP contribution is 2.19. The predicted octanol–water partition coefficient (Wildman–Crippen LogP) is 0.769. The lowest BCUT2D eigenvalue weighted by atomic mass is 9.79. The summed E-state index contributed by atoms with van der Waals surface area (Å²) in [4.78, 5) is 10.5. The Morgan fingerprint density at radius 1 is 1.35 bits per heavy atom. The van der Waals surface area contributed by atoms with Crippen molar-refractivity contribution >= 4 is 37.9 Å². The molecule has 0 aromatic rings. The lowest BCUT2D eigenvalue weighted by molar-refractivity contribution is -0.138.